The van der Waals surface area contributed by atoms with Crippen molar-refractivity contribution >= 4 is 5.78 Å². The number of Topliss-reactive ketones (excluding diaryl/α,β-unsaturated/α-hetero) is 1. The van der Waals surface area contributed by atoms with Gasteiger partial charge < -0.3 is 5.11 Å². The highest BCUT2D eigenvalue weighted by molar-refractivity contribution is 5.80. The number of alkyl halides is 3. The largest absolute Gasteiger partial charge is 0.414 e. The Morgan fingerprint density at radius 3 is 2.42 bits per heavy atom. The Labute approximate surface area is 67.4 Å². The maximum Gasteiger partial charge on any atom is 0.414 e. The first kappa shape index (κ1) is 9.51. The molecule has 0 saturated heterocycles. The molecule has 0 aromatic carbocycles. The van der Waals surface area contributed by atoms with Crippen molar-refractivity contribution in [2.75, 3.05) is 0 Å². The molecule has 1 N–H and O–H groups in total. The summed E-state index contributed by atoms with van der Waals surface area (Å²) in [4.78, 5) is 10.6. The van der Waals surface area contributed by atoms with Crippen molar-refractivity contribution in [1.82, 2.24) is 0 Å². The summed E-state index contributed by atoms with van der Waals surface area (Å²) in [5.74, 6) is -1.11. The number of carbonyl (C=O) groups is 1. The molecule has 1 aliphatic rings. The average molecular weight is 182 g/mol. The number of aliphatic hydroxyl groups excluding tert-OH is 1. The quantitative estimate of drug-likeness (QED) is 0.663. The van der Waals surface area contributed by atoms with Crippen LogP contribution in [0.4, 0.5) is 13.2 Å². The van der Waals surface area contributed by atoms with Crippen molar-refractivity contribution in [1.29, 1.82) is 0 Å². The molecule has 1 fully saturated rings. The predicted molar refractivity (Wildman–Crippen MR) is 34.4 cm³/mol. The highest BCUT2D eigenvalue weighted by atomic mass is 19.4. The molecule has 2 atom stereocenters. The number of hydrogen-bond donors (Lipinski definition) is 1. The molecule has 5 heteroatoms. The normalized spacial score (nSPS) is 27.7. The van der Waals surface area contributed by atoms with E-state index in [0.717, 1.165) is 0 Å². The van der Waals surface area contributed by atoms with Gasteiger partial charge in [-0.15, -0.1) is 0 Å². The summed E-state index contributed by atoms with van der Waals surface area (Å²) in [5, 5.41) is 8.73. The highest BCUT2D eigenvalue weighted by Crippen LogP contribution is 2.33. The van der Waals surface area contributed by atoms with Crippen LogP contribution >= 0.6 is 0 Å². The van der Waals surface area contributed by atoms with E-state index >= 15 is 0 Å². The molecule has 2 nitrogen and oxygen atoms in total. The fourth-order valence-corrected chi connectivity index (χ4v) is 1.38. The van der Waals surface area contributed by atoms with E-state index in [2.05, 4.69) is 0 Å². The second kappa shape index (κ2) is 3.05. The van der Waals surface area contributed by atoms with Gasteiger partial charge in [0.05, 0.1) is 0 Å². The van der Waals surface area contributed by atoms with Gasteiger partial charge in [0.1, 0.15) is 5.78 Å². The molecule has 1 aliphatic carbocycles. The van der Waals surface area contributed by atoms with E-state index < -0.39 is 18.2 Å². The van der Waals surface area contributed by atoms with Gasteiger partial charge in [0.25, 0.3) is 0 Å². The lowest BCUT2D eigenvalue weighted by molar-refractivity contribution is -0.218. The first-order valence-corrected chi connectivity index (χ1v) is 3.67. The Balaban J connectivity index is 2.54. The number of halogens is 3. The van der Waals surface area contributed by atoms with Crippen LogP contribution in [-0.4, -0.2) is 23.2 Å². The number of ketones is 1. The van der Waals surface area contributed by atoms with Crippen molar-refractivity contribution in [3.63, 3.8) is 0 Å². The summed E-state index contributed by atoms with van der Waals surface area (Å²) in [6.07, 6.45) is -6.74. The highest BCUT2D eigenvalue weighted by Gasteiger charge is 2.45. The third-order valence-electron chi connectivity index (χ3n) is 2.07. The zero-order valence-electron chi connectivity index (χ0n) is 6.27. The molecular weight excluding hydrogens is 173 g/mol. The number of hydrogen-bond acceptors (Lipinski definition) is 2. The summed E-state index contributed by atoms with van der Waals surface area (Å²) >= 11 is 0. The fraction of sp³-hybridized carbons (Fsp3) is 0.857. The van der Waals surface area contributed by atoms with Gasteiger partial charge in [0.2, 0.25) is 0 Å². The van der Waals surface area contributed by atoms with Gasteiger partial charge >= 0.3 is 6.18 Å². The minimum absolute atomic E-state index is 0.138. The second-order valence-electron chi connectivity index (χ2n) is 3.03. The number of rotatable bonds is 1. The van der Waals surface area contributed by atoms with Crippen LogP contribution in [0, 0.1) is 5.92 Å². The van der Waals surface area contributed by atoms with Crippen molar-refractivity contribution in [2.45, 2.75) is 31.5 Å². The maximum atomic E-state index is 11.9. The number of aliphatic hydroxyl groups is 1. The van der Waals surface area contributed by atoms with E-state index in [1.165, 1.54) is 0 Å². The average Bonchev–Trinajstić information content (AvgIpc) is 2.32. The third kappa shape index (κ3) is 1.97. The lowest BCUT2D eigenvalue weighted by Crippen LogP contribution is -2.34. The fourth-order valence-electron chi connectivity index (χ4n) is 1.38. The van der Waals surface area contributed by atoms with Crippen LogP contribution in [0.25, 0.3) is 0 Å². The van der Waals surface area contributed by atoms with E-state index in [0.29, 0.717) is 0 Å². The van der Waals surface area contributed by atoms with Gasteiger partial charge in [-0.2, -0.15) is 13.2 Å². The lowest BCUT2D eigenvalue weighted by atomic mass is 10.0. The van der Waals surface area contributed by atoms with Crippen LogP contribution < -0.4 is 0 Å². The topological polar surface area (TPSA) is 37.3 Å². The smallest absolute Gasteiger partial charge is 0.383 e. The van der Waals surface area contributed by atoms with Gasteiger partial charge in [-0.1, -0.05) is 0 Å². The monoisotopic (exact) mass is 182 g/mol. The van der Waals surface area contributed by atoms with Crippen LogP contribution in [0.2, 0.25) is 0 Å². The molecule has 0 aromatic heterocycles. The SMILES string of the molecule is O=C1CC[C@H]([C@@H](O)C(F)(F)F)C1. The Morgan fingerprint density at radius 2 is 2.08 bits per heavy atom. The van der Waals surface area contributed by atoms with Gasteiger partial charge in [-0.3, -0.25) is 4.79 Å². The summed E-state index contributed by atoms with van der Waals surface area (Å²) in [5.41, 5.74) is 0. The summed E-state index contributed by atoms with van der Waals surface area (Å²) < 4.78 is 35.6. The van der Waals surface area contributed by atoms with Crippen molar-refractivity contribution in [3.8, 4) is 0 Å². The first-order chi connectivity index (χ1) is 5.41. The van der Waals surface area contributed by atoms with Crippen LogP contribution in [-0.2, 0) is 4.79 Å². The van der Waals surface area contributed by atoms with Crippen LogP contribution in [0.15, 0.2) is 0 Å². The zero-order valence-corrected chi connectivity index (χ0v) is 6.27. The van der Waals surface area contributed by atoms with Crippen LogP contribution in [0.3, 0.4) is 0 Å². The second-order valence-corrected chi connectivity index (χ2v) is 3.03. The maximum absolute atomic E-state index is 11.9. The molecule has 1 saturated carbocycles. The molecular formula is C7H9F3O2. The van der Waals surface area contributed by atoms with E-state index in [9.17, 15) is 18.0 Å². The molecule has 12 heavy (non-hydrogen) atoms. The lowest BCUT2D eigenvalue weighted by Gasteiger charge is -2.19. The molecule has 1 rings (SSSR count). The van der Waals surface area contributed by atoms with Crippen molar-refractivity contribution < 1.29 is 23.1 Å². The Kier molecular flexibility index (Phi) is 2.41. The van der Waals surface area contributed by atoms with Gasteiger partial charge in [-0.05, 0) is 6.42 Å². The van der Waals surface area contributed by atoms with Gasteiger partial charge in [-0.25, -0.2) is 0 Å². The molecule has 0 aromatic rings. The van der Waals surface area contributed by atoms with Crippen molar-refractivity contribution in [2.24, 2.45) is 5.92 Å². The molecule has 0 bridgehead atoms. The Bertz CT molecular complexity index is 188. The predicted octanol–water partition coefficient (Wildman–Crippen LogP) is 1.28. The summed E-state index contributed by atoms with van der Waals surface area (Å²) in [6.45, 7) is 0. The minimum Gasteiger partial charge on any atom is -0.383 e. The molecule has 0 spiro atoms. The molecule has 70 valence electrons. The molecule has 0 radical (unpaired) electrons. The van der Waals surface area contributed by atoms with E-state index in [4.69, 9.17) is 5.11 Å². The minimum atomic E-state index is -4.59. The first-order valence-electron chi connectivity index (χ1n) is 3.67. The third-order valence-corrected chi connectivity index (χ3v) is 2.07. The van der Waals surface area contributed by atoms with E-state index in [-0.39, 0.29) is 25.0 Å². The van der Waals surface area contributed by atoms with Crippen LogP contribution in [0.5, 0.6) is 0 Å². The summed E-state index contributed by atoms with van der Waals surface area (Å²) in [6, 6.07) is 0. The number of carbonyl (C=O) groups excluding carboxylic acids is 1. The molecule has 0 heterocycles. The van der Waals surface area contributed by atoms with Crippen molar-refractivity contribution in [3.05, 3.63) is 0 Å². The van der Waals surface area contributed by atoms with Crippen LogP contribution in [0.1, 0.15) is 19.3 Å². The molecule has 0 unspecified atom stereocenters. The van der Waals surface area contributed by atoms with E-state index in [1.54, 1.807) is 0 Å². The van der Waals surface area contributed by atoms with Gasteiger partial charge in [0, 0.05) is 18.8 Å². The standard InChI is InChI=1S/C7H9F3O2/c8-7(9,10)6(12)4-1-2-5(11)3-4/h4,6,12H,1-3H2/t4-,6+/m0/s1. The Morgan fingerprint density at radius 1 is 1.50 bits per heavy atom. The zero-order chi connectivity index (χ0) is 9.35. The summed E-state index contributed by atoms with van der Waals surface area (Å²) in [7, 11) is 0. The van der Waals surface area contributed by atoms with Gasteiger partial charge in [0.15, 0.2) is 6.10 Å². The molecule has 0 aliphatic heterocycles. The Hall–Kier alpha value is -0.580. The van der Waals surface area contributed by atoms with E-state index in [1.807, 2.05) is 0 Å². The molecule has 0 amide bonds.